The van der Waals surface area contributed by atoms with Crippen LogP contribution >= 0.6 is 8.58 Å². The van der Waals surface area contributed by atoms with Crippen LogP contribution in [-0.4, -0.2) is 12.2 Å². The van der Waals surface area contributed by atoms with Gasteiger partial charge in [-0.2, -0.15) is 0 Å². The van der Waals surface area contributed by atoms with E-state index in [2.05, 4.69) is 116 Å². The van der Waals surface area contributed by atoms with Gasteiger partial charge < -0.3 is 10.4 Å². The molecule has 0 radical (unpaired) electrons. The lowest BCUT2D eigenvalue weighted by Crippen LogP contribution is -2.25. The number of phenols is 1. The fourth-order valence-electron chi connectivity index (χ4n) is 5.65. The first-order valence-electron chi connectivity index (χ1n) is 14.5. The zero-order valence-electron chi connectivity index (χ0n) is 23.8. The van der Waals surface area contributed by atoms with E-state index in [9.17, 15) is 5.11 Å². The molecule has 204 valence electrons. The van der Waals surface area contributed by atoms with Crippen molar-refractivity contribution in [3.05, 3.63) is 130 Å². The Bertz CT molecular complexity index is 1300. The van der Waals surface area contributed by atoms with Gasteiger partial charge in [-0.25, -0.2) is 0 Å². The molecule has 2 nitrogen and oxygen atoms in total. The van der Waals surface area contributed by atoms with Gasteiger partial charge >= 0.3 is 0 Å². The van der Waals surface area contributed by atoms with E-state index >= 15 is 0 Å². The SMILES string of the molecule is CCCCCC(CC)(Pc1ccccc1CNC)c1cc(Cc2ccccc2)cc(Cc2ccccc2)c1O. The molecule has 0 amide bonds. The van der Waals surface area contributed by atoms with Crippen molar-refractivity contribution in [3.63, 3.8) is 0 Å². The summed E-state index contributed by atoms with van der Waals surface area (Å²) in [7, 11) is 2.61. The summed E-state index contributed by atoms with van der Waals surface area (Å²) in [6, 6.07) is 34.7. The fourth-order valence-corrected chi connectivity index (χ4v) is 7.48. The number of phenolic OH excluding ortho intramolecular Hbond substituents is 1. The first-order chi connectivity index (χ1) is 19.1. The monoisotopic (exact) mass is 537 g/mol. The van der Waals surface area contributed by atoms with E-state index in [4.69, 9.17) is 0 Å². The van der Waals surface area contributed by atoms with Crippen molar-refractivity contribution in [2.45, 2.75) is 70.5 Å². The Kier molecular flexibility index (Phi) is 10.8. The van der Waals surface area contributed by atoms with Crippen LogP contribution in [0.1, 0.15) is 79.3 Å². The molecule has 39 heavy (non-hydrogen) atoms. The van der Waals surface area contributed by atoms with Crippen molar-refractivity contribution in [2.75, 3.05) is 7.05 Å². The number of benzene rings is 4. The maximum Gasteiger partial charge on any atom is 0.123 e. The largest absolute Gasteiger partial charge is 0.507 e. The molecule has 2 unspecified atom stereocenters. The quantitative estimate of drug-likeness (QED) is 0.125. The molecule has 0 saturated heterocycles. The van der Waals surface area contributed by atoms with Gasteiger partial charge in [0.2, 0.25) is 0 Å². The lowest BCUT2D eigenvalue weighted by Gasteiger charge is -2.36. The predicted molar refractivity (Wildman–Crippen MR) is 170 cm³/mol. The van der Waals surface area contributed by atoms with E-state index < -0.39 is 0 Å². The van der Waals surface area contributed by atoms with Gasteiger partial charge in [-0.3, -0.25) is 0 Å². The zero-order valence-corrected chi connectivity index (χ0v) is 24.8. The minimum Gasteiger partial charge on any atom is -0.507 e. The molecule has 4 rings (SSSR count). The third-order valence-electron chi connectivity index (χ3n) is 7.82. The second kappa shape index (κ2) is 14.5. The molecule has 3 heteroatoms. The van der Waals surface area contributed by atoms with E-state index in [0.29, 0.717) is 14.3 Å². The summed E-state index contributed by atoms with van der Waals surface area (Å²) < 4.78 is 0. The van der Waals surface area contributed by atoms with Crippen molar-refractivity contribution in [2.24, 2.45) is 0 Å². The van der Waals surface area contributed by atoms with E-state index in [1.54, 1.807) is 0 Å². The highest BCUT2D eigenvalue weighted by Crippen LogP contribution is 2.52. The van der Waals surface area contributed by atoms with Gasteiger partial charge in [-0.15, -0.1) is 0 Å². The van der Waals surface area contributed by atoms with Crippen LogP contribution < -0.4 is 10.6 Å². The Balaban J connectivity index is 1.85. The van der Waals surface area contributed by atoms with Crippen LogP contribution in [0, 0.1) is 0 Å². The van der Waals surface area contributed by atoms with E-state index in [-0.39, 0.29) is 5.16 Å². The number of rotatable bonds is 14. The molecule has 4 aromatic rings. The number of hydrogen-bond acceptors (Lipinski definition) is 2. The van der Waals surface area contributed by atoms with Crippen LogP contribution in [0.4, 0.5) is 0 Å². The van der Waals surface area contributed by atoms with Crippen molar-refractivity contribution in [3.8, 4) is 5.75 Å². The zero-order chi connectivity index (χ0) is 27.5. The summed E-state index contributed by atoms with van der Waals surface area (Å²) in [6.45, 7) is 5.45. The highest BCUT2D eigenvalue weighted by atomic mass is 31.1. The van der Waals surface area contributed by atoms with Crippen LogP contribution in [0.2, 0.25) is 0 Å². The van der Waals surface area contributed by atoms with E-state index in [1.165, 1.54) is 46.8 Å². The molecule has 2 atom stereocenters. The third kappa shape index (κ3) is 7.59. The second-order valence-electron chi connectivity index (χ2n) is 10.7. The van der Waals surface area contributed by atoms with E-state index in [1.807, 2.05) is 7.05 Å². The molecule has 0 fully saturated rings. The molecule has 0 aliphatic rings. The normalized spacial score (nSPS) is 13.1. The highest BCUT2D eigenvalue weighted by Gasteiger charge is 2.34. The minimum absolute atomic E-state index is 0.110. The van der Waals surface area contributed by atoms with Crippen LogP contribution in [0.3, 0.4) is 0 Å². The van der Waals surface area contributed by atoms with Gasteiger partial charge in [0.05, 0.1) is 0 Å². The van der Waals surface area contributed by atoms with Crippen molar-refractivity contribution >= 4 is 13.9 Å². The minimum atomic E-state index is -0.110. The number of hydrogen-bond donors (Lipinski definition) is 2. The molecule has 0 spiro atoms. The fraction of sp³-hybridized carbons (Fsp3) is 0.333. The molecule has 0 bridgehead atoms. The summed E-state index contributed by atoms with van der Waals surface area (Å²) in [5.74, 6) is 0.493. The smallest absolute Gasteiger partial charge is 0.123 e. The molecule has 0 heterocycles. The van der Waals surface area contributed by atoms with Gasteiger partial charge in [-0.1, -0.05) is 139 Å². The maximum absolute atomic E-state index is 12.0. The summed E-state index contributed by atoms with van der Waals surface area (Å²) >= 11 is 0. The van der Waals surface area contributed by atoms with Crippen molar-refractivity contribution in [1.82, 2.24) is 5.32 Å². The summed E-state index contributed by atoms with van der Waals surface area (Å²) in [4.78, 5) is 0. The molecule has 0 aliphatic heterocycles. The maximum atomic E-state index is 12.0. The standard InChI is InChI=1S/C36H44NOP/c1-4-6-15-22-36(5-2,39-34-21-14-13-20-31(34)27-37-3)33-26-30(23-28-16-9-7-10-17-28)25-32(35(33)38)24-29-18-11-8-12-19-29/h7-14,16-21,25-26,37-39H,4-6,15,22-24,27H2,1-3H3. The van der Waals surface area contributed by atoms with E-state index in [0.717, 1.165) is 43.4 Å². The topological polar surface area (TPSA) is 32.3 Å². The first-order valence-corrected chi connectivity index (χ1v) is 15.5. The molecule has 0 aliphatic carbocycles. The summed E-state index contributed by atoms with van der Waals surface area (Å²) in [6.07, 6.45) is 7.25. The summed E-state index contributed by atoms with van der Waals surface area (Å²) in [5.41, 5.74) is 7.34. The molecule has 2 N–H and O–H groups in total. The Morgan fingerprint density at radius 2 is 1.36 bits per heavy atom. The Morgan fingerprint density at radius 1 is 0.718 bits per heavy atom. The molecule has 4 aromatic carbocycles. The van der Waals surface area contributed by atoms with Gasteiger partial charge in [0.25, 0.3) is 0 Å². The highest BCUT2D eigenvalue weighted by molar-refractivity contribution is 7.48. The van der Waals surface area contributed by atoms with Crippen LogP contribution in [0.25, 0.3) is 0 Å². The second-order valence-corrected chi connectivity index (χ2v) is 12.4. The lowest BCUT2D eigenvalue weighted by molar-refractivity contribution is 0.432. The molecule has 0 aromatic heterocycles. The summed E-state index contributed by atoms with van der Waals surface area (Å²) in [5, 5.41) is 16.7. The van der Waals surface area contributed by atoms with Crippen LogP contribution in [0.5, 0.6) is 5.75 Å². The van der Waals surface area contributed by atoms with Gasteiger partial charge in [-0.05, 0) is 59.4 Å². The number of aromatic hydroxyl groups is 1. The van der Waals surface area contributed by atoms with Crippen molar-refractivity contribution in [1.29, 1.82) is 0 Å². The molecule has 0 saturated carbocycles. The van der Waals surface area contributed by atoms with Gasteiger partial charge in [0, 0.05) is 23.7 Å². The average Bonchev–Trinajstić information content (AvgIpc) is 2.96. The molecular formula is C36H44NOP. The Morgan fingerprint density at radius 3 is 2.00 bits per heavy atom. The lowest BCUT2D eigenvalue weighted by atomic mass is 9.85. The Hall–Kier alpha value is -2.93. The number of nitrogens with one attached hydrogen (secondary N) is 1. The van der Waals surface area contributed by atoms with Crippen LogP contribution in [-0.2, 0) is 24.5 Å². The third-order valence-corrected chi connectivity index (χ3v) is 9.93. The Labute approximate surface area is 237 Å². The molecular weight excluding hydrogens is 493 g/mol. The predicted octanol–water partition coefficient (Wildman–Crippen LogP) is 8.48. The van der Waals surface area contributed by atoms with Crippen LogP contribution in [0.15, 0.2) is 97.1 Å². The van der Waals surface area contributed by atoms with Gasteiger partial charge in [0.15, 0.2) is 0 Å². The number of unbranched alkanes of at least 4 members (excludes halogenated alkanes) is 2. The average molecular weight is 538 g/mol. The van der Waals surface area contributed by atoms with Crippen molar-refractivity contribution < 1.29 is 5.11 Å². The van der Waals surface area contributed by atoms with Gasteiger partial charge in [0.1, 0.15) is 5.75 Å². The first kappa shape index (κ1) is 29.1.